The maximum Gasteiger partial charge on any atom is 0.380 e. The van der Waals surface area contributed by atoms with Gasteiger partial charge in [-0.05, 0) is 23.5 Å². The number of nitrogens with two attached hydrogens (primary N) is 1. The molecule has 0 aliphatic rings. The fraction of sp³-hybridized carbons (Fsp3) is 0.333. The molecule has 0 atom stereocenters. The van der Waals surface area contributed by atoms with Gasteiger partial charge in [0.2, 0.25) is 0 Å². The Labute approximate surface area is 171 Å². The van der Waals surface area contributed by atoms with Gasteiger partial charge in [-0.3, -0.25) is 19.6 Å². The van der Waals surface area contributed by atoms with Gasteiger partial charge in [-0.25, -0.2) is 14.3 Å². The highest BCUT2D eigenvalue weighted by atomic mass is 32.2. The number of hydrogen-bond donors (Lipinski definition) is 3. The van der Waals surface area contributed by atoms with Crippen molar-refractivity contribution in [2.24, 2.45) is 5.14 Å². The van der Waals surface area contributed by atoms with E-state index in [4.69, 9.17) is 9.32 Å². The second kappa shape index (κ2) is 7.54. The van der Waals surface area contributed by atoms with E-state index in [1.807, 2.05) is 18.8 Å². The summed E-state index contributed by atoms with van der Waals surface area (Å²) in [7, 11) is -4.35. The van der Waals surface area contributed by atoms with Gasteiger partial charge >= 0.3 is 16.0 Å². The van der Waals surface area contributed by atoms with Crippen LogP contribution in [0.1, 0.15) is 61.0 Å². The SMILES string of the molecule is CC(C)c1ccc(C(=O)n2cnc3c(=O)[nH]c(=O)[nH]c32)c(C(C)C)c1OS(N)(=O)=O. The minimum atomic E-state index is -4.35. The molecule has 0 amide bonds. The van der Waals surface area contributed by atoms with Crippen LogP contribution in [0.15, 0.2) is 28.0 Å². The van der Waals surface area contributed by atoms with E-state index in [2.05, 4.69) is 9.97 Å². The molecule has 0 bridgehead atoms. The highest BCUT2D eigenvalue weighted by Crippen LogP contribution is 2.38. The number of nitrogens with zero attached hydrogens (tertiary/aromatic N) is 2. The fourth-order valence-electron chi connectivity index (χ4n) is 3.26. The number of aromatic nitrogens is 4. The van der Waals surface area contributed by atoms with Gasteiger partial charge in [0.05, 0.1) is 0 Å². The van der Waals surface area contributed by atoms with Crippen LogP contribution >= 0.6 is 0 Å². The van der Waals surface area contributed by atoms with Crippen LogP contribution in [0.2, 0.25) is 0 Å². The highest BCUT2D eigenvalue weighted by Gasteiger charge is 2.27. The minimum absolute atomic E-state index is 0.0101. The van der Waals surface area contributed by atoms with Crippen LogP contribution in [-0.4, -0.2) is 33.8 Å². The smallest absolute Gasteiger partial charge is 0.370 e. The molecule has 0 fully saturated rings. The Hall–Kier alpha value is -3.25. The van der Waals surface area contributed by atoms with Crippen LogP contribution in [0.5, 0.6) is 5.75 Å². The van der Waals surface area contributed by atoms with Gasteiger partial charge in [0.1, 0.15) is 6.33 Å². The number of benzene rings is 1. The maximum atomic E-state index is 13.3. The maximum absolute atomic E-state index is 13.3. The molecule has 12 heteroatoms. The van der Waals surface area contributed by atoms with Crippen LogP contribution in [0.25, 0.3) is 11.2 Å². The molecule has 0 aliphatic carbocycles. The van der Waals surface area contributed by atoms with Crippen LogP contribution < -0.4 is 20.6 Å². The third kappa shape index (κ3) is 3.91. The molecule has 0 spiro atoms. The van der Waals surface area contributed by atoms with E-state index in [0.29, 0.717) is 11.1 Å². The third-order valence-electron chi connectivity index (χ3n) is 4.52. The predicted molar refractivity (Wildman–Crippen MR) is 109 cm³/mol. The second-order valence-corrected chi connectivity index (χ2v) is 8.51. The van der Waals surface area contributed by atoms with Crippen molar-refractivity contribution < 1.29 is 17.4 Å². The second-order valence-electron chi connectivity index (χ2n) is 7.36. The quantitative estimate of drug-likeness (QED) is 0.535. The average Bonchev–Trinajstić information content (AvgIpc) is 3.02. The third-order valence-corrected chi connectivity index (χ3v) is 4.92. The zero-order valence-corrected chi connectivity index (χ0v) is 17.5. The van der Waals surface area contributed by atoms with Crippen molar-refractivity contribution in [3.63, 3.8) is 0 Å². The molecule has 11 nitrogen and oxygen atoms in total. The Bertz CT molecular complexity index is 1360. The molecule has 0 saturated carbocycles. The summed E-state index contributed by atoms with van der Waals surface area (Å²) in [5.74, 6) is -1.08. The molecule has 30 heavy (non-hydrogen) atoms. The fourth-order valence-corrected chi connectivity index (χ4v) is 3.68. The number of H-pyrrole nitrogens is 2. The van der Waals surface area contributed by atoms with Crippen LogP contribution in [0.4, 0.5) is 0 Å². The molecule has 160 valence electrons. The van der Waals surface area contributed by atoms with E-state index >= 15 is 0 Å². The van der Waals surface area contributed by atoms with Gasteiger partial charge in [-0.15, -0.1) is 0 Å². The Morgan fingerprint density at radius 2 is 1.80 bits per heavy atom. The lowest BCUT2D eigenvalue weighted by Crippen LogP contribution is -2.25. The zero-order valence-electron chi connectivity index (χ0n) is 16.7. The van der Waals surface area contributed by atoms with E-state index < -0.39 is 27.5 Å². The molecule has 4 N–H and O–H groups in total. The van der Waals surface area contributed by atoms with E-state index in [1.165, 1.54) is 0 Å². The van der Waals surface area contributed by atoms with Gasteiger partial charge in [-0.1, -0.05) is 33.8 Å². The van der Waals surface area contributed by atoms with Gasteiger partial charge in [-0.2, -0.15) is 13.6 Å². The molecule has 0 radical (unpaired) electrons. The molecule has 0 saturated heterocycles. The molecule has 0 aliphatic heterocycles. The first kappa shape index (κ1) is 21.5. The number of nitrogens with one attached hydrogen (secondary N) is 2. The van der Waals surface area contributed by atoms with Crippen molar-refractivity contribution in [1.29, 1.82) is 0 Å². The number of fused-ring (bicyclic) bond motifs is 1. The van der Waals surface area contributed by atoms with Crippen LogP contribution in [0, 0.1) is 0 Å². The normalized spacial score (nSPS) is 12.1. The molecule has 1 aromatic carbocycles. The lowest BCUT2D eigenvalue weighted by atomic mass is 9.89. The molecule has 3 rings (SSSR count). The number of carbonyl (C=O) groups excluding carboxylic acids is 1. The molecule has 3 aromatic rings. The van der Waals surface area contributed by atoms with Crippen molar-refractivity contribution in [1.82, 2.24) is 19.5 Å². The zero-order chi connectivity index (χ0) is 22.4. The summed E-state index contributed by atoms with van der Waals surface area (Å²) in [5.41, 5.74) is -0.719. The van der Waals surface area contributed by atoms with E-state index in [9.17, 15) is 22.8 Å². The summed E-state index contributed by atoms with van der Waals surface area (Å²) in [6.45, 7) is 7.23. The van der Waals surface area contributed by atoms with Crippen molar-refractivity contribution >= 4 is 27.4 Å². The summed E-state index contributed by atoms with van der Waals surface area (Å²) in [4.78, 5) is 45.2. The monoisotopic (exact) mass is 435 g/mol. The van der Waals surface area contributed by atoms with Gasteiger partial charge in [0.15, 0.2) is 16.9 Å². The lowest BCUT2D eigenvalue weighted by Gasteiger charge is -2.21. The van der Waals surface area contributed by atoms with Crippen molar-refractivity contribution in [2.75, 3.05) is 0 Å². The minimum Gasteiger partial charge on any atom is -0.370 e. The number of hydrogen-bond acceptors (Lipinski definition) is 7. The number of carbonyl (C=O) groups is 1. The van der Waals surface area contributed by atoms with Gasteiger partial charge < -0.3 is 4.18 Å². The molecular formula is C18H21N5O6S. The summed E-state index contributed by atoms with van der Waals surface area (Å²) < 4.78 is 29.5. The van der Waals surface area contributed by atoms with Crippen molar-refractivity contribution in [2.45, 2.75) is 39.5 Å². The summed E-state index contributed by atoms with van der Waals surface area (Å²) >= 11 is 0. The largest absolute Gasteiger partial charge is 0.380 e. The van der Waals surface area contributed by atoms with Crippen molar-refractivity contribution in [3.8, 4) is 5.75 Å². The molecule has 2 aromatic heterocycles. The Morgan fingerprint density at radius 3 is 2.37 bits per heavy atom. The molecule has 0 unspecified atom stereocenters. The molecule has 2 heterocycles. The van der Waals surface area contributed by atoms with E-state index in [1.54, 1.807) is 26.0 Å². The Morgan fingerprint density at radius 1 is 1.13 bits per heavy atom. The van der Waals surface area contributed by atoms with Crippen molar-refractivity contribution in [3.05, 3.63) is 56.0 Å². The first-order chi connectivity index (χ1) is 13.9. The highest BCUT2D eigenvalue weighted by molar-refractivity contribution is 7.84. The summed E-state index contributed by atoms with van der Waals surface area (Å²) in [5, 5.41) is 5.11. The lowest BCUT2D eigenvalue weighted by molar-refractivity contribution is 0.0962. The van der Waals surface area contributed by atoms with Crippen LogP contribution in [-0.2, 0) is 10.3 Å². The number of aromatic amines is 2. The van der Waals surface area contributed by atoms with Crippen LogP contribution in [0.3, 0.4) is 0 Å². The first-order valence-corrected chi connectivity index (χ1v) is 10.5. The van der Waals surface area contributed by atoms with E-state index in [-0.39, 0.29) is 34.3 Å². The predicted octanol–water partition coefficient (Wildman–Crippen LogP) is 0.931. The van der Waals surface area contributed by atoms with Gasteiger partial charge in [0, 0.05) is 11.1 Å². The summed E-state index contributed by atoms with van der Waals surface area (Å²) in [6.07, 6.45) is 1.11. The molecular weight excluding hydrogens is 414 g/mol. The summed E-state index contributed by atoms with van der Waals surface area (Å²) in [6, 6.07) is 3.12. The first-order valence-electron chi connectivity index (χ1n) is 9.04. The Balaban J connectivity index is 2.31. The van der Waals surface area contributed by atoms with Gasteiger partial charge in [0.25, 0.3) is 11.5 Å². The van der Waals surface area contributed by atoms with E-state index in [0.717, 1.165) is 10.9 Å². The average molecular weight is 435 g/mol. The number of rotatable bonds is 5. The number of imidazole rings is 1. The standard InChI is InChI=1S/C18H21N5O6S/c1-8(2)10-5-6-11(12(9(3)4)14(10)29-30(19,27)28)17(25)23-7-20-13-15(23)21-18(26)22-16(13)24/h5-9H,1-4H3,(H2,19,27,28)(H2,21,22,24,26). The Kier molecular flexibility index (Phi) is 5.39. The topological polar surface area (TPSA) is 170 Å².